The fraction of sp³-hybridized carbons (Fsp3) is 0.588. The van der Waals surface area contributed by atoms with Gasteiger partial charge in [0, 0.05) is 57.3 Å². The number of rotatable bonds is 5. The molecular formula is C17H25FN4O3S2. The Balaban J connectivity index is 1.47. The first-order valence-electron chi connectivity index (χ1n) is 8.96. The number of piperazine rings is 2. The SMILES string of the molecule is CN1CCN(S(=O)(=O)N2CCN(C(=O)CSc3ccc(F)cc3)CC2)CC1. The number of carbonyl (C=O) groups excluding carboxylic acids is 1. The van der Waals surface area contributed by atoms with Crippen LogP contribution in [0.25, 0.3) is 0 Å². The first-order chi connectivity index (χ1) is 12.9. The maximum Gasteiger partial charge on any atom is 0.282 e. The van der Waals surface area contributed by atoms with Crippen LogP contribution in [0.5, 0.6) is 0 Å². The molecule has 2 heterocycles. The number of likely N-dealkylation sites (N-methyl/N-ethyl adjacent to an activating group) is 1. The maximum atomic E-state index is 12.9. The number of nitrogens with zero attached hydrogens (tertiary/aromatic N) is 4. The molecule has 0 saturated carbocycles. The molecule has 2 fully saturated rings. The molecule has 2 aliphatic heterocycles. The minimum Gasteiger partial charge on any atom is -0.339 e. The van der Waals surface area contributed by atoms with Gasteiger partial charge < -0.3 is 9.80 Å². The highest BCUT2D eigenvalue weighted by atomic mass is 32.2. The van der Waals surface area contributed by atoms with Crippen molar-refractivity contribution < 1.29 is 17.6 Å². The quantitative estimate of drug-likeness (QED) is 0.656. The zero-order valence-corrected chi connectivity index (χ0v) is 17.0. The summed E-state index contributed by atoms with van der Waals surface area (Å²) in [6, 6.07) is 6.03. The Kier molecular flexibility index (Phi) is 6.74. The Hall–Kier alpha value is -1.20. The summed E-state index contributed by atoms with van der Waals surface area (Å²) in [6.07, 6.45) is 0. The van der Waals surface area contributed by atoms with E-state index in [4.69, 9.17) is 0 Å². The summed E-state index contributed by atoms with van der Waals surface area (Å²) in [4.78, 5) is 17.0. The van der Waals surface area contributed by atoms with E-state index < -0.39 is 10.2 Å². The molecule has 2 saturated heterocycles. The summed E-state index contributed by atoms with van der Waals surface area (Å²) in [5.41, 5.74) is 0. The summed E-state index contributed by atoms with van der Waals surface area (Å²) in [6.45, 7) is 3.92. The van der Waals surface area contributed by atoms with Crippen molar-refractivity contribution in [2.45, 2.75) is 4.90 Å². The molecule has 1 amide bonds. The van der Waals surface area contributed by atoms with E-state index in [0.717, 1.165) is 18.0 Å². The lowest BCUT2D eigenvalue weighted by atomic mass is 10.3. The number of amides is 1. The van der Waals surface area contributed by atoms with Crippen molar-refractivity contribution in [2.75, 3.05) is 65.2 Å². The average molecular weight is 417 g/mol. The standard InChI is InChI=1S/C17H25FN4O3S2/c1-19-6-10-21(11-7-19)27(24,25)22-12-8-20(9-13-22)17(23)14-26-16-4-2-15(18)3-5-16/h2-5H,6-14H2,1H3. The lowest BCUT2D eigenvalue weighted by Crippen LogP contribution is -2.57. The van der Waals surface area contributed by atoms with E-state index >= 15 is 0 Å². The topological polar surface area (TPSA) is 64.2 Å². The van der Waals surface area contributed by atoms with Gasteiger partial charge in [0.05, 0.1) is 5.75 Å². The van der Waals surface area contributed by atoms with E-state index in [1.165, 1.54) is 32.5 Å². The predicted molar refractivity (Wildman–Crippen MR) is 103 cm³/mol. The number of halogens is 1. The second kappa shape index (κ2) is 8.87. The molecule has 10 heteroatoms. The van der Waals surface area contributed by atoms with E-state index in [-0.39, 0.29) is 17.5 Å². The molecule has 0 unspecified atom stereocenters. The van der Waals surface area contributed by atoms with Crippen LogP contribution in [0.15, 0.2) is 29.2 Å². The van der Waals surface area contributed by atoms with E-state index in [1.54, 1.807) is 17.0 Å². The number of benzene rings is 1. The Morgan fingerprint density at radius 3 is 2.04 bits per heavy atom. The van der Waals surface area contributed by atoms with E-state index in [0.29, 0.717) is 39.3 Å². The molecule has 3 rings (SSSR count). The molecule has 0 bridgehead atoms. The van der Waals surface area contributed by atoms with Gasteiger partial charge in [-0.05, 0) is 31.3 Å². The van der Waals surface area contributed by atoms with Crippen molar-refractivity contribution in [1.82, 2.24) is 18.4 Å². The van der Waals surface area contributed by atoms with Crippen LogP contribution in [0.4, 0.5) is 4.39 Å². The zero-order valence-electron chi connectivity index (χ0n) is 15.4. The largest absolute Gasteiger partial charge is 0.339 e. The fourth-order valence-electron chi connectivity index (χ4n) is 3.12. The minimum atomic E-state index is -3.46. The van der Waals surface area contributed by atoms with Crippen LogP contribution in [0.2, 0.25) is 0 Å². The molecule has 0 atom stereocenters. The first kappa shape index (κ1) is 20.5. The Bertz CT molecular complexity index is 744. The van der Waals surface area contributed by atoms with Gasteiger partial charge in [0.2, 0.25) is 5.91 Å². The van der Waals surface area contributed by atoms with Crippen LogP contribution in [0.3, 0.4) is 0 Å². The number of hydrogen-bond donors (Lipinski definition) is 0. The van der Waals surface area contributed by atoms with E-state index in [9.17, 15) is 17.6 Å². The second-order valence-corrected chi connectivity index (χ2v) is 9.71. The molecule has 1 aromatic carbocycles. The van der Waals surface area contributed by atoms with E-state index in [2.05, 4.69) is 4.90 Å². The third-order valence-electron chi connectivity index (χ3n) is 4.88. The monoisotopic (exact) mass is 416 g/mol. The highest BCUT2D eigenvalue weighted by Crippen LogP contribution is 2.20. The third kappa shape index (κ3) is 5.20. The number of carbonyl (C=O) groups is 1. The van der Waals surface area contributed by atoms with E-state index in [1.807, 2.05) is 7.05 Å². The first-order valence-corrected chi connectivity index (χ1v) is 11.3. The summed E-state index contributed by atoms with van der Waals surface area (Å²) < 4.78 is 41.5. The molecule has 7 nitrogen and oxygen atoms in total. The van der Waals surface area contributed by atoms with Gasteiger partial charge >= 0.3 is 0 Å². The summed E-state index contributed by atoms with van der Waals surface area (Å²) in [5, 5.41) is 0. The molecule has 0 radical (unpaired) electrons. The highest BCUT2D eigenvalue weighted by Gasteiger charge is 2.34. The number of hydrogen-bond acceptors (Lipinski definition) is 5. The van der Waals surface area contributed by atoms with Crippen LogP contribution in [0, 0.1) is 5.82 Å². The highest BCUT2D eigenvalue weighted by molar-refractivity contribution is 8.00. The van der Waals surface area contributed by atoms with Crippen LogP contribution in [0.1, 0.15) is 0 Å². The zero-order chi connectivity index (χ0) is 19.4. The molecular weight excluding hydrogens is 391 g/mol. The van der Waals surface area contributed by atoms with Gasteiger partial charge in [-0.25, -0.2) is 4.39 Å². The van der Waals surface area contributed by atoms with Crippen LogP contribution >= 0.6 is 11.8 Å². The third-order valence-corrected chi connectivity index (χ3v) is 7.91. The minimum absolute atomic E-state index is 0.0269. The summed E-state index contributed by atoms with van der Waals surface area (Å²) >= 11 is 1.36. The fourth-order valence-corrected chi connectivity index (χ4v) is 5.49. The van der Waals surface area contributed by atoms with Gasteiger partial charge in [-0.15, -0.1) is 11.8 Å². The second-order valence-electron chi connectivity index (χ2n) is 6.73. The summed E-state index contributed by atoms with van der Waals surface area (Å²) in [5.74, 6) is -0.0686. The van der Waals surface area contributed by atoms with Crippen molar-refractivity contribution in [1.29, 1.82) is 0 Å². The Morgan fingerprint density at radius 2 is 1.48 bits per heavy atom. The van der Waals surface area contributed by atoms with Gasteiger partial charge in [-0.3, -0.25) is 4.79 Å². The number of thioether (sulfide) groups is 1. The van der Waals surface area contributed by atoms with Crippen molar-refractivity contribution in [2.24, 2.45) is 0 Å². The summed E-state index contributed by atoms with van der Waals surface area (Å²) in [7, 11) is -1.47. The van der Waals surface area contributed by atoms with Crippen molar-refractivity contribution in [3.8, 4) is 0 Å². The smallest absolute Gasteiger partial charge is 0.282 e. The lowest BCUT2D eigenvalue weighted by molar-refractivity contribution is -0.129. The van der Waals surface area contributed by atoms with Gasteiger partial charge in [0.25, 0.3) is 10.2 Å². The van der Waals surface area contributed by atoms with Gasteiger partial charge in [-0.2, -0.15) is 17.0 Å². The molecule has 0 N–H and O–H groups in total. The molecule has 2 aliphatic rings. The van der Waals surface area contributed by atoms with Crippen LogP contribution in [-0.2, 0) is 15.0 Å². The lowest BCUT2D eigenvalue weighted by Gasteiger charge is -2.39. The normalized spacial score (nSPS) is 20.7. The van der Waals surface area contributed by atoms with Crippen molar-refractivity contribution in [3.63, 3.8) is 0 Å². The molecule has 0 aromatic heterocycles. The van der Waals surface area contributed by atoms with Crippen LogP contribution < -0.4 is 0 Å². The molecule has 150 valence electrons. The Morgan fingerprint density at radius 1 is 0.963 bits per heavy atom. The predicted octanol–water partition coefficient (Wildman–Crippen LogP) is 0.554. The average Bonchev–Trinajstić information content (AvgIpc) is 2.68. The molecule has 27 heavy (non-hydrogen) atoms. The Labute approximate surface area is 164 Å². The maximum absolute atomic E-state index is 12.9. The van der Waals surface area contributed by atoms with Gasteiger partial charge in [0.15, 0.2) is 0 Å². The molecule has 0 aliphatic carbocycles. The van der Waals surface area contributed by atoms with Crippen molar-refractivity contribution >= 4 is 27.9 Å². The van der Waals surface area contributed by atoms with Gasteiger partial charge in [0.1, 0.15) is 5.82 Å². The molecule has 1 aromatic rings. The van der Waals surface area contributed by atoms with Crippen molar-refractivity contribution in [3.05, 3.63) is 30.1 Å². The van der Waals surface area contributed by atoms with Gasteiger partial charge in [-0.1, -0.05) is 0 Å². The molecule has 0 spiro atoms. The van der Waals surface area contributed by atoms with Crippen LogP contribution in [-0.4, -0.2) is 97.9 Å².